The number of aromatic carboxylic acids is 1. The molecule has 0 spiro atoms. The minimum atomic E-state index is -1.00. The summed E-state index contributed by atoms with van der Waals surface area (Å²) in [7, 11) is 0. The summed E-state index contributed by atoms with van der Waals surface area (Å²) in [5.41, 5.74) is 5.46. The summed E-state index contributed by atoms with van der Waals surface area (Å²) in [4.78, 5) is 17.0. The monoisotopic (exact) mass is 417 g/mol. The standard InChI is InChI=1S/C25H17ClFNO2/c26-19-8-4-10-21-23(19)22(25(29)30)18-7-3-5-14-13-15(11-12-17(14)24(18)28-21)16-6-1-2-9-20(16)27/h1-2,4,6,8-13H,3,5,7H2,(H,29,30). The first-order chi connectivity index (χ1) is 14.5. The van der Waals surface area contributed by atoms with Crippen LogP contribution in [-0.2, 0) is 12.8 Å². The second-order valence-corrected chi connectivity index (χ2v) is 7.87. The molecule has 0 fully saturated rings. The molecule has 30 heavy (non-hydrogen) atoms. The van der Waals surface area contributed by atoms with Gasteiger partial charge in [-0.1, -0.05) is 54.1 Å². The van der Waals surface area contributed by atoms with Crippen LogP contribution in [0.3, 0.4) is 0 Å². The van der Waals surface area contributed by atoms with Gasteiger partial charge < -0.3 is 5.11 Å². The van der Waals surface area contributed by atoms with E-state index in [-0.39, 0.29) is 11.4 Å². The molecule has 0 amide bonds. The molecular weight excluding hydrogens is 401 g/mol. The fourth-order valence-corrected chi connectivity index (χ4v) is 4.63. The van der Waals surface area contributed by atoms with Crippen LogP contribution in [0.2, 0.25) is 5.02 Å². The van der Waals surface area contributed by atoms with E-state index >= 15 is 0 Å². The molecule has 0 unspecified atom stereocenters. The third-order valence-electron chi connectivity index (χ3n) is 5.69. The van der Waals surface area contributed by atoms with Crippen molar-refractivity contribution in [1.82, 2.24) is 4.98 Å². The van der Waals surface area contributed by atoms with Crippen LogP contribution >= 0.6 is 11.6 Å². The molecule has 0 saturated heterocycles. The average molecular weight is 418 g/mol. The lowest BCUT2D eigenvalue weighted by Crippen LogP contribution is -2.07. The van der Waals surface area contributed by atoms with E-state index in [9.17, 15) is 14.3 Å². The van der Waals surface area contributed by atoms with Crippen LogP contribution in [-0.4, -0.2) is 16.1 Å². The van der Waals surface area contributed by atoms with E-state index in [1.165, 1.54) is 6.07 Å². The summed E-state index contributed by atoms with van der Waals surface area (Å²) in [6.45, 7) is 0. The largest absolute Gasteiger partial charge is 0.478 e. The van der Waals surface area contributed by atoms with Crippen LogP contribution in [0.4, 0.5) is 4.39 Å². The Bertz CT molecular complexity index is 1330. The molecule has 4 aromatic rings. The van der Waals surface area contributed by atoms with E-state index in [0.29, 0.717) is 39.2 Å². The van der Waals surface area contributed by atoms with E-state index in [4.69, 9.17) is 16.6 Å². The summed E-state index contributed by atoms with van der Waals surface area (Å²) < 4.78 is 14.3. The number of fused-ring (bicyclic) bond motifs is 4. The van der Waals surface area contributed by atoms with Gasteiger partial charge in [0.1, 0.15) is 5.82 Å². The maximum atomic E-state index is 14.3. The van der Waals surface area contributed by atoms with Crippen LogP contribution in [0.1, 0.15) is 27.9 Å². The first-order valence-corrected chi connectivity index (χ1v) is 10.1. The fraction of sp³-hybridized carbons (Fsp3) is 0.120. The highest BCUT2D eigenvalue weighted by molar-refractivity contribution is 6.36. The van der Waals surface area contributed by atoms with Gasteiger partial charge in [-0.15, -0.1) is 0 Å². The van der Waals surface area contributed by atoms with E-state index in [2.05, 4.69) is 0 Å². The normalized spacial score (nSPS) is 12.9. The van der Waals surface area contributed by atoms with Crippen LogP contribution in [0.25, 0.3) is 33.3 Å². The maximum absolute atomic E-state index is 14.3. The maximum Gasteiger partial charge on any atom is 0.336 e. The van der Waals surface area contributed by atoms with E-state index < -0.39 is 5.97 Å². The topological polar surface area (TPSA) is 50.2 Å². The molecule has 0 bridgehead atoms. The molecule has 1 aliphatic rings. The van der Waals surface area contributed by atoms with Gasteiger partial charge in [-0.25, -0.2) is 14.2 Å². The summed E-state index contributed by atoms with van der Waals surface area (Å²) in [5.74, 6) is -1.27. The highest BCUT2D eigenvalue weighted by atomic mass is 35.5. The van der Waals surface area contributed by atoms with Crippen LogP contribution in [0.15, 0.2) is 60.7 Å². The second-order valence-electron chi connectivity index (χ2n) is 7.46. The zero-order valence-corrected chi connectivity index (χ0v) is 16.7. The highest BCUT2D eigenvalue weighted by Crippen LogP contribution is 2.39. The number of aromatic nitrogens is 1. The molecule has 3 aromatic carbocycles. The van der Waals surface area contributed by atoms with Crippen molar-refractivity contribution >= 4 is 28.5 Å². The SMILES string of the molecule is O=C(O)c1c2c(nc3cccc(Cl)c13)-c1ccc(-c3ccccc3F)cc1CCC2. The number of carboxylic acids is 1. The zero-order valence-electron chi connectivity index (χ0n) is 16.0. The molecule has 1 aromatic heterocycles. The minimum absolute atomic E-state index is 0.228. The molecule has 0 saturated carbocycles. The van der Waals surface area contributed by atoms with Gasteiger partial charge in [0.2, 0.25) is 0 Å². The van der Waals surface area contributed by atoms with Gasteiger partial charge in [0.25, 0.3) is 0 Å². The molecule has 0 atom stereocenters. The first-order valence-electron chi connectivity index (χ1n) is 9.77. The molecule has 0 radical (unpaired) electrons. The third kappa shape index (κ3) is 2.96. The molecule has 1 heterocycles. The lowest BCUT2D eigenvalue weighted by atomic mass is 9.93. The van der Waals surface area contributed by atoms with Crippen molar-refractivity contribution in [2.45, 2.75) is 19.3 Å². The van der Waals surface area contributed by atoms with Gasteiger partial charge in [-0.2, -0.15) is 0 Å². The molecule has 3 nitrogen and oxygen atoms in total. The minimum Gasteiger partial charge on any atom is -0.478 e. The Morgan fingerprint density at radius 3 is 2.63 bits per heavy atom. The molecule has 5 rings (SSSR count). The number of aryl methyl sites for hydroxylation is 1. The molecule has 148 valence electrons. The smallest absolute Gasteiger partial charge is 0.336 e. The lowest BCUT2D eigenvalue weighted by molar-refractivity contribution is 0.0698. The number of nitrogens with zero attached hydrogens (tertiary/aromatic N) is 1. The van der Waals surface area contributed by atoms with Gasteiger partial charge in [0.05, 0.1) is 21.8 Å². The Morgan fingerprint density at radius 2 is 1.83 bits per heavy atom. The molecule has 1 aliphatic carbocycles. The highest BCUT2D eigenvalue weighted by Gasteiger charge is 2.25. The van der Waals surface area contributed by atoms with E-state index in [0.717, 1.165) is 29.5 Å². The predicted octanol–water partition coefficient (Wildman–Crippen LogP) is 6.55. The van der Waals surface area contributed by atoms with E-state index in [1.807, 2.05) is 24.3 Å². The van der Waals surface area contributed by atoms with Gasteiger partial charge in [-0.3, -0.25) is 0 Å². The quantitative estimate of drug-likeness (QED) is 0.402. The van der Waals surface area contributed by atoms with Gasteiger partial charge >= 0.3 is 5.97 Å². The number of carboxylic acid groups (broad SMARTS) is 1. The number of hydrogen-bond donors (Lipinski definition) is 1. The Kier molecular flexibility index (Phi) is 4.52. The van der Waals surface area contributed by atoms with Crippen LogP contribution in [0.5, 0.6) is 0 Å². The molecular formula is C25H17ClFNO2. The van der Waals surface area contributed by atoms with Crippen LogP contribution in [0, 0.1) is 5.82 Å². The Morgan fingerprint density at radius 1 is 1.00 bits per heavy atom. The summed E-state index contributed by atoms with van der Waals surface area (Å²) in [5, 5.41) is 10.9. The number of halogens is 2. The molecule has 0 aliphatic heterocycles. The van der Waals surface area contributed by atoms with Crippen molar-refractivity contribution in [3.63, 3.8) is 0 Å². The number of rotatable bonds is 2. The number of pyridine rings is 1. The summed E-state index contributed by atoms with van der Waals surface area (Å²) in [6, 6.07) is 17.7. The van der Waals surface area contributed by atoms with Crippen molar-refractivity contribution in [1.29, 1.82) is 0 Å². The Hall–Kier alpha value is -3.24. The number of carbonyl (C=O) groups is 1. The number of hydrogen-bond acceptors (Lipinski definition) is 2. The third-order valence-corrected chi connectivity index (χ3v) is 6.01. The van der Waals surface area contributed by atoms with Crippen molar-refractivity contribution in [2.24, 2.45) is 0 Å². The van der Waals surface area contributed by atoms with Crippen molar-refractivity contribution in [2.75, 3.05) is 0 Å². The van der Waals surface area contributed by atoms with Crippen molar-refractivity contribution in [3.05, 3.63) is 88.2 Å². The Labute approximate surface area is 177 Å². The lowest BCUT2D eigenvalue weighted by Gasteiger charge is -2.15. The molecule has 5 heteroatoms. The molecule has 1 N–H and O–H groups in total. The van der Waals surface area contributed by atoms with Crippen LogP contribution < -0.4 is 0 Å². The summed E-state index contributed by atoms with van der Waals surface area (Å²) in [6.07, 6.45) is 2.13. The summed E-state index contributed by atoms with van der Waals surface area (Å²) >= 11 is 6.35. The zero-order chi connectivity index (χ0) is 20.8. The van der Waals surface area contributed by atoms with Gasteiger partial charge in [0, 0.05) is 16.5 Å². The van der Waals surface area contributed by atoms with E-state index in [1.54, 1.807) is 30.3 Å². The Balaban J connectivity index is 1.78. The first kappa shape index (κ1) is 18.8. The number of benzene rings is 3. The predicted molar refractivity (Wildman–Crippen MR) is 117 cm³/mol. The fourth-order valence-electron chi connectivity index (χ4n) is 4.36. The van der Waals surface area contributed by atoms with Crippen molar-refractivity contribution < 1.29 is 14.3 Å². The van der Waals surface area contributed by atoms with Crippen molar-refractivity contribution in [3.8, 4) is 22.4 Å². The average Bonchev–Trinajstić information content (AvgIpc) is 2.91. The van der Waals surface area contributed by atoms with Gasteiger partial charge in [-0.05, 0) is 54.2 Å². The van der Waals surface area contributed by atoms with Gasteiger partial charge in [0.15, 0.2) is 0 Å². The second kappa shape index (κ2) is 7.22.